The van der Waals surface area contributed by atoms with Crippen molar-refractivity contribution in [3.8, 4) is 0 Å². The molecule has 1 saturated heterocycles. The van der Waals surface area contributed by atoms with E-state index in [1.807, 2.05) is 6.07 Å². The van der Waals surface area contributed by atoms with Crippen LogP contribution in [0.25, 0.3) is 0 Å². The van der Waals surface area contributed by atoms with E-state index in [9.17, 15) is 15.0 Å². The van der Waals surface area contributed by atoms with Crippen molar-refractivity contribution >= 4 is 0 Å². The van der Waals surface area contributed by atoms with E-state index in [0.29, 0.717) is 23.3 Å². The molecule has 0 radical (unpaired) electrons. The fourth-order valence-corrected chi connectivity index (χ4v) is 9.89. The Balaban J connectivity index is 1.22. The number of nitrogens with zero attached hydrogens (tertiary/aromatic N) is 1. The summed E-state index contributed by atoms with van der Waals surface area (Å²) in [6.07, 6.45) is 13.8. The molecule has 0 aromatic carbocycles. The van der Waals surface area contributed by atoms with Gasteiger partial charge in [0.05, 0.1) is 18.0 Å². The molecule has 1 aliphatic heterocycles. The van der Waals surface area contributed by atoms with Crippen LogP contribution < -0.4 is 5.63 Å². The van der Waals surface area contributed by atoms with Gasteiger partial charge >= 0.3 is 5.63 Å². The second kappa shape index (κ2) is 8.18. The van der Waals surface area contributed by atoms with Crippen molar-refractivity contribution in [3.05, 3.63) is 34.4 Å². The van der Waals surface area contributed by atoms with Crippen LogP contribution in [0.2, 0.25) is 0 Å². The van der Waals surface area contributed by atoms with E-state index in [2.05, 4.69) is 18.7 Å². The van der Waals surface area contributed by atoms with Crippen molar-refractivity contribution in [1.82, 2.24) is 4.90 Å². The molecule has 5 aliphatic rings. The van der Waals surface area contributed by atoms with E-state index in [1.54, 1.807) is 6.26 Å². The van der Waals surface area contributed by atoms with Crippen molar-refractivity contribution in [3.63, 3.8) is 0 Å². The summed E-state index contributed by atoms with van der Waals surface area (Å²) in [6.45, 7) is 7.00. The molecule has 4 aliphatic carbocycles. The van der Waals surface area contributed by atoms with E-state index in [4.69, 9.17) is 4.42 Å². The molecular formula is C29H43NO4. The Morgan fingerprint density at radius 3 is 2.47 bits per heavy atom. The van der Waals surface area contributed by atoms with Crippen LogP contribution in [0.1, 0.15) is 96.0 Å². The SMILES string of the molecule is C[C@]12CC[C@H](N3CCC(O)CC3)C[C@H]1CC[C@@H]1[C@@H]2CC[C@]2(C)[C@@H](c3ccc(=O)oc3)CC[C@]12O. The first-order valence-corrected chi connectivity index (χ1v) is 14.0. The average molecular weight is 470 g/mol. The first-order valence-electron chi connectivity index (χ1n) is 14.0. The molecule has 1 aromatic heterocycles. The van der Waals surface area contributed by atoms with E-state index >= 15 is 0 Å². The van der Waals surface area contributed by atoms with Crippen molar-refractivity contribution in [2.75, 3.05) is 13.1 Å². The van der Waals surface area contributed by atoms with Crippen LogP contribution >= 0.6 is 0 Å². The molecule has 34 heavy (non-hydrogen) atoms. The highest BCUT2D eigenvalue weighted by atomic mass is 16.4. The van der Waals surface area contributed by atoms with Gasteiger partial charge in [-0.05, 0) is 111 Å². The van der Waals surface area contributed by atoms with Gasteiger partial charge in [-0.25, -0.2) is 4.79 Å². The van der Waals surface area contributed by atoms with Gasteiger partial charge in [0.15, 0.2) is 0 Å². The fraction of sp³-hybridized carbons (Fsp3) is 0.828. The summed E-state index contributed by atoms with van der Waals surface area (Å²) in [5.74, 6) is 2.02. The lowest BCUT2D eigenvalue weighted by molar-refractivity contribution is -0.204. The lowest BCUT2D eigenvalue weighted by atomic mass is 9.43. The maximum absolute atomic E-state index is 12.4. The van der Waals surface area contributed by atoms with Crippen LogP contribution in [0.4, 0.5) is 0 Å². The Morgan fingerprint density at radius 1 is 0.941 bits per heavy atom. The molecule has 0 spiro atoms. The number of aliphatic hydroxyl groups excluding tert-OH is 1. The van der Waals surface area contributed by atoms with Gasteiger partial charge in [0.1, 0.15) is 0 Å². The Bertz CT molecular complexity index is 949. The normalized spacial score (nSPS) is 47.6. The van der Waals surface area contributed by atoms with Crippen LogP contribution in [0.3, 0.4) is 0 Å². The standard InChI is InChI=1S/C29H43NO4/c1-27-12-7-21(30-15-10-22(31)11-16-30)17-20(27)4-5-25-24(27)8-13-28(2)23(9-14-29(25,28)33)19-3-6-26(32)34-18-19/h3,6,18,20-25,31,33H,4-5,7-17H2,1-2H3/t20-,21+,23-,24+,25-,27+,28-,29+/m1/s1. The number of hydrogen-bond acceptors (Lipinski definition) is 5. The van der Waals surface area contributed by atoms with Gasteiger partial charge in [-0.15, -0.1) is 0 Å². The smallest absolute Gasteiger partial charge is 0.335 e. The average Bonchev–Trinajstić information content (AvgIpc) is 3.11. The third-order valence-electron chi connectivity index (χ3n) is 12.0. The predicted molar refractivity (Wildman–Crippen MR) is 132 cm³/mol. The lowest BCUT2D eigenvalue weighted by Gasteiger charge is -2.64. The highest BCUT2D eigenvalue weighted by Gasteiger charge is 2.67. The van der Waals surface area contributed by atoms with Crippen molar-refractivity contribution < 1.29 is 14.6 Å². The molecule has 8 atom stereocenters. The summed E-state index contributed by atoms with van der Waals surface area (Å²) in [5, 5.41) is 22.4. The van der Waals surface area contributed by atoms with Crippen LogP contribution in [0.5, 0.6) is 0 Å². The van der Waals surface area contributed by atoms with Crippen molar-refractivity contribution in [2.45, 2.75) is 108 Å². The van der Waals surface area contributed by atoms with Crippen LogP contribution in [-0.4, -0.2) is 45.9 Å². The van der Waals surface area contributed by atoms with Gasteiger partial charge in [0.2, 0.25) is 0 Å². The van der Waals surface area contributed by atoms with E-state index in [1.165, 1.54) is 38.2 Å². The van der Waals surface area contributed by atoms with E-state index in [0.717, 1.165) is 63.1 Å². The van der Waals surface area contributed by atoms with Crippen molar-refractivity contribution in [1.29, 1.82) is 0 Å². The zero-order valence-electron chi connectivity index (χ0n) is 21.0. The van der Waals surface area contributed by atoms with Gasteiger partial charge in [0.25, 0.3) is 0 Å². The topological polar surface area (TPSA) is 73.9 Å². The number of aliphatic hydroxyl groups is 2. The molecule has 5 heteroatoms. The molecule has 2 heterocycles. The maximum Gasteiger partial charge on any atom is 0.335 e. The van der Waals surface area contributed by atoms with Gasteiger partial charge in [-0.2, -0.15) is 0 Å². The second-order valence-corrected chi connectivity index (χ2v) is 13.0. The summed E-state index contributed by atoms with van der Waals surface area (Å²) in [5.41, 5.74) is 0.355. The number of piperidine rings is 1. The Hall–Kier alpha value is -1.17. The minimum absolute atomic E-state index is 0.0972. The molecule has 1 aromatic rings. The van der Waals surface area contributed by atoms with Gasteiger partial charge in [-0.1, -0.05) is 13.8 Å². The molecule has 5 fully saturated rings. The molecule has 5 nitrogen and oxygen atoms in total. The van der Waals surface area contributed by atoms with Crippen molar-refractivity contribution in [2.24, 2.45) is 28.6 Å². The Kier molecular flexibility index (Phi) is 5.59. The number of rotatable bonds is 2. The zero-order valence-corrected chi connectivity index (χ0v) is 21.0. The maximum atomic E-state index is 12.4. The first kappa shape index (κ1) is 23.2. The van der Waals surface area contributed by atoms with Gasteiger partial charge < -0.3 is 19.5 Å². The van der Waals surface area contributed by atoms with Gasteiger partial charge in [-0.3, -0.25) is 0 Å². The predicted octanol–water partition coefficient (Wildman–Crippen LogP) is 4.71. The fourth-order valence-electron chi connectivity index (χ4n) is 9.89. The highest BCUT2D eigenvalue weighted by Crippen LogP contribution is 2.70. The Labute approximate surface area is 203 Å². The molecule has 0 amide bonds. The summed E-state index contributed by atoms with van der Waals surface area (Å²) < 4.78 is 5.23. The highest BCUT2D eigenvalue weighted by molar-refractivity contribution is 5.27. The monoisotopic (exact) mass is 469 g/mol. The van der Waals surface area contributed by atoms with E-state index < -0.39 is 5.60 Å². The van der Waals surface area contributed by atoms with E-state index in [-0.39, 0.29) is 23.1 Å². The molecular weight excluding hydrogens is 426 g/mol. The summed E-state index contributed by atoms with van der Waals surface area (Å²) in [7, 11) is 0. The summed E-state index contributed by atoms with van der Waals surface area (Å²) >= 11 is 0. The van der Waals surface area contributed by atoms with Crippen LogP contribution in [0.15, 0.2) is 27.6 Å². The molecule has 4 saturated carbocycles. The zero-order chi connectivity index (χ0) is 23.7. The van der Waals surface area contributed by atoms with Gasteiger partial charge in [0, 0.05) is 30.6 Å². The minimum Gasteiger partial charge on any atom is -0.431 e. The molecule has 2 N–H and O–H groups in total. The third kappa shape index (κ3) is 3.33. The lowest BCUT2D eigenvalue weighted by Crippen LogP contribution is -2.62. The summed E-state index contributed by atoms with van der Waals surface area (Å²) in [4.78, 5) is 14.2. The largest absolute Gasteiger partial charge is 0.431 e. The number of likely N-dealkylation sites (tertiary alicyclic amines) is 1. The van der Waals surface area contributed by atoms with Crippen LogP contribution in [-0.2, 0) is 0 Å². The first-order chi connectivity index (χ1) is 16.2. The van der Waals surface area contributed by atoms with Crippen LogP contribution in [0, 0.1) is 28.6 Å². The Morgan fingerprint density at radius 2 is 1.74 bits per heavy atom. The summed E-state index contributed by atoms with van der Waals surface area (Å²) in [6, 6.07) is 4.15. The molecule has 6 rings (SSSR count). The molecule has 188 valence electrons. The third-order valence-corrected chi connectivity index (χ3v) is 12.0. The quantitative estimate of drug-likeness (QED) is 0.656. The molecule has 0 bridgehead atoms. The number of fused-ring (bicyclic) bond motifs is 5. The number of hydrogen-bond donors (Lipinski definition) is 2. The molecule has 0 unspecified atom stereocenters. The minimum atomic E-state index is -0.620. The second-order valence-electron chi connectivity index (χ2n) is 13.0.